The maximum Gasteiger partial charge on any atom is 0.407 e. The predicted octanol–water partition coefficient (Wildman–Crippen LogP) is 4.70. The van der Waals surface area contributed by atoms with Crippen molar-refractivity contribution in [1.82, 2.24) is 15.5 Å². The van der Waals surface area contributed by atoms with Crippen LogP contribution in [0.2, 0.25) is 0 Å². The Morgan fingerprint density at radius 3 is 2.28 bits per heavy atom. The van der Waals surface area contributed by atoms with Gasteiger partial charge in [-0.1, -0.05) is 76.3 Å². The fourth-order valence-electron chi connectivity index (χ4n) is 8.69. The molecular weight excluding hydrogens is 827 g/mol. The number of carbonyl (C=O) groups is 5. The number of Topliss-reactive ketones (excluding diaryl/α,β-unsaturated/α-hetero) is 3. The Morgan fingerprint density at radius 1 is 0.922 bits per heavy atom. The van der Waals surface area contributed by atoms with Crippen LogP contribution in [0.1, 0.15) is 83.7 Å². The molecule has 9 atom stereocenters. The van der Waals surface area contributed by atoms with Gasteiger partial charge in [-0.2, -0.15) is 0 Å². The smallest absolute Gasteiger partial charge is 0.407 e. The third kappa shape index (κ3) is 9.50. The fraction of sp³-hybridized carbons (Fsp3) is 0.479. The lowest BCUT2D eigenvalue weighted by molar-refractivity contribution is -0.116. The first-order valence-electron chi connectivity index (χ1n) is 21.6. The van der Waals surface area contributed by atoms with E-state index in [1.807, 2.05) is 30.3 Å². The summed E-state index contributed by atoms with van der Waals surface area (Å²) in [6.07, 6.45) is 3.05. The van der Waals surface area contributed by atoms with Crippen LogP contribution in [0.3, 0.4) is 0 Å². The Labute approximate surface area is 372 Å². The number of allylic oxidation sites excluding steroid dienone is 4. The average Bonchev–Trinajstić information content (AvgIpc) is 3.55. The van der Waals surface area contributed by atoms with Gasteiger partial charge in [-0.25, -0.2) is 4.79 Å². The standard InChI is InChI=1S/C48H59N3O13/c1-25-13-12-14-26(2)46(58)50-36-37(51-20-23-61-24-21-51)42(56)33-34(41(36)55)40(54)30(6)44-35(33)45(57)48(7,64-44)62-22-18-32(60-8)27(3)43(29(5)39(53)28(4)38(25)52)63-47(59)49-19-17-31-15-10-9-11-16-31/h9-16,18,22,25,27-29,32,38-39,43,52-54H,17,19-21,23-24H2,1-8H3,(H,49,59)(H,50,58)/b13-12+,22-18+,26-14-/t25-,27-,28-,29-,32+,38-,39-,43+,48+/m1/s1. The number of hydrogen-bond donors (Lipinski definition) is 5. The molecule has 0 aromatic heterocycles. The van der Waals surface area contributed by atoms with Crippen molar-refractivity contribution in [3.8, 4) is 11.5 Å². The molecule has 1 fully saturated rings. The van der Waals surface area contributed by atoms with Crippen LogP contribution in [-0.2, 0) is 30.2 Å². The van der Waals surface area contributed by atoms with Crippen molar-refractivity contribution in [2.45, 2.75) is 85.1 Å². The highest BCUT2D eigenvalue weighted by Crippen LogP contribution is 2.49. The average molecular weight is 886 g/mol. The molecule has 16 nitrogen and oxygen atoms in total. The number of hydrogen-bond acceptors (Lipinski definition) is 14. The van der Waals surface area contributed by atoms with Crippen LogP contribution < -0.4 is 15.4 Å². The number of aliphatic hydroxyl groups is 2. The largest absolute Gasteiger partial charge is 0.507 e. The number of fused-ring (bicyclic) bond motifs is 14. The van der Waals surface area contributed by atoms with Crippen LogP contribution >= 0.6 is 0 Å². The Kier molecular flexibility index (Phi) is 14.8. The Hall–Kier alpha value is -5.81. The molecule has 4 aliphatic heterocycles. The summed E-state index contributed by atoms with van der Waals surface area (Å²) in [4.78, 5) is 72.5. The first-order chi connectivity index (χ1) is 30.4. The maximum absolute atomic E-state index is 14.8. The third-order valence-electron chi connectivity index (χ3n) is 12.7. The van der Waals surface area contributed by atoms with Gasteiger partial charge in [0.1, 0.15) is 29.0 Å². The summed E-state index contributed by atoms with van der Waals surface area (Å²) in [7, 11) is 1.43. The van der Waals surface area contributed by atoms with Crippen LogP contribution in [0.5, 0.6) is 11.5 Å². The molecule has 1 saturated heterocycles. The number of aromatic hydroxyl groups is 1. The van der Waals surface area contributed by atoms with Crippen molar-refractivity contribution >= 4 is 29.4 Å². The molecule has 16 heteroatoms. The van der Waals surface area contributed by atoms with Crippen molar-refractivity contribution in [3.05, 3.63) is 106 Å². The first kappa shape index (κ1) is 47.7. The fourth-order valence-corrected chi connectivity index (χ4v) is 8.69. The van der Waals surface area contributed by atoms with E-state index in [-0.39, 0.29) is 72.3 Å². The van der Waals surface area contributed by atoms with Crippen molar-refractivity contribution in [2.75, 3.05) is 40.0 Å². The van der Waals surface area contributed by atoms with Crippen LogP contribution in [0, 0.1) is 30.6 Å². The number of phenols is 1. The number of nitrogens with zero attached hydrogens (tertiary/aromatic N) is 1. The second kappa shape index (κ2) is 19.9. The maximum atomic E-state index is 14.8. The number of morpholine rings is 1. The van der Waals surface area contributed by atoms with Gasteiger partial charge < -0.3 is 54.5 Å². The van der Waals surface area contributed by atoms with Crippen molar-refractivity contribution in [2.24, 2.45) is 23.7 Å². The second-order valence-corrected chi connectivity index (χ2v) is 17.1. The summed E-state index contributed by atoms with van der Waals surface area (Å²) in [5.41, 5.74) is -0.495. The van der Waals surface area contributed by atoms with Gasteiger partial charge in [-0.15, -0.1) is 0 Å². The highest BCUT2D eigenvalue weighted by molar-refractivity contribution is 6.32. The molecule has 2 aromatic rings. The number of rotatable bonds is 6. The quantitative estimate of drug-likeness (QED) is 0.266. The normalized spacial score (nSPS) is 31.0. The van der Waals surface area contributed by atoms with Crippen LogP contribution in [0.15, 0.2) is 77.9 Å². The predicted molar refractivity (Wildman–Crippen MR) is 233 cm³/mol. The topological polar surface area (TPSA) is 219 Å². The molecule has 1 aliphatic carbocycles. The van der Waals surface area contributed by atoms with Crippen molar-refractivity contribution < 1.29 is 63.0 Å². The molecule has 2 aromatic carbocycles. The van der Waals surface area contributed by atoms with Crippen LogP contribution in [0.25, 0.3) is 0 Å². The molecule has 2 amide bonds. The molecule has 5 N–H and O–H groups in total. The van der Waals surface area contributed by atoms with E-state index in [0.29, 0.717) is 6.42 Å². The molecule has 0 spiro atoms. The van der Waals surface area contributed by atoms with Gasteiger partial charge in [-0.3, -0.25) is 19.2 Å². The Balaban J connectivity index is 1.41. The Morgan fingerprint density at radius 2 is 1.61 bits per heavy atom. The summed E-state index contributed by atoms with van der Waals surface area (Å²) in [5.74, 6) is -8.77. The number of ketones is 3. The molecular formula is C48H59N3O13. The summed E-state index contributed by atoms with van der Waals surface area (Å²) in [6.45, 7) is 12.3. The number of amides is 2. The summed E-state index contributed by atoms with van der Waals surface area (Å²) in [6, 6.07) is 9.60. The zero-order valence-corrected chi connectivity index (χ0v) is 37.5. The molecule has 344 valence electrons. The van der Waals surface area contributed by atoms with Crippen LogP contribution in [0.4, 0.5) is 4.79 Å². The van der Waals surface area contributed by atoms with E-state index in [9.17, 15) is 39.3 Å². The number of phenolic OH excluding ortho intramolecular Hbond substituents is 1. The van der Waals surface area contributed by atoms with E-state index in [1.165, 1.54) is 46.3 Å². The molecule has 5 bridgehead atoms. The lowest BCUT2D eigenvalue weighted by atomic mass is 9.78. The minimum absolute atomic E-state index is 0.00436. The van der Waals surface area contributed by atoms with E-state index < -0.39 is 94.5 Å². The second-order valence-electron chi connectivity index (χ2n) is 17.1. The molecule has 0 unspecified atom stereocenters. The molecule has 4 heterocycles. The molecule has 7 rings (SSSR count). The molecule has 5 aliphatic rings. The third-order valence-corrected chi connectivity index (χ3v) is 12.7. The number of alkyl carbamates (subject to hydrolysis) is 1. The lowest BCUT2D eigenvalue weighted by Crippen LogP contribution is -2.48. The monoisotopic (exact) mass is 885 g/mol. The first-order valence-corrected chi connectivity index (χ1v) is 21.6. The van der Waals surface area contributed by atoms with E-state index in [2.05, 4.69) is 10.6 Å². The Bertz CT molecular complexity index is 2260. The highest BCUT2D eigenvalue weighted by Gasteiger charge is 2.53. The number of methoxy groups -OCH3 is 1. The molecule has 0 radical (unpaired) electrons. The zero-order valence-electron chi connectivity index (χ0n) is 37.5. The summed E-state index contributed by atoms with van der Waals surface area (Å²) >= 11 is 0. The summed E-state index contributed by atoms with van der Waals surface area (Å²) in [5, 5.41) is 40.3. The molecule has 64 heavy (non-hydrogen) atoms. The number of aliphatic hydroxyl groups excluding tert-OH is 2. The summed E-state index contributed by atoms with van der Waals surface area (Å²) < 4.78 is 29.5. The highest BCUT2D eigenvalue weighted by atomic mass is 16.7. The SMILES string of the molecule is CO[C@H]1/C=C/O[C@@]2(C)Oc3c(C)c(O)c4c(c3C2=O)C(=O)C(N2CCOCC2)=C(NC(=O)/C(C)=C\C=C\[C@@H](C)[C@@H](O)[C@@H](C)[C@@H](O)[C@@H](C)[C@@H](OC(=O)NCCc2ccccc2)[C@@H]1C)C4=O. The van der Waals surface area contributed by atoms with E-state index >= 15 is 0 Å². The number of carbonyl (C=O) groups excluding carboxylic acids is 5. The van der Waals surface area contributed by atoms with E-state index in [1.54, 1.807) is 44.7 Å². The van der Waals surface area contributed by atoms with Gasteiger partial charge in [0, 0.05) is 68.5 Å². The zero-order chi connectivity index (χ0) is 46.6. The van der Waals surface area contributed by atoms with E-state index in [0.717, 1.165) is 5.56 Å². The van der Waals surface area contributed by atoms with Crippen LogP contribution in [-0.4, -0.2) is 120 Å². The van der Waals surface area contributed by atoms with Gasteiger partial charge in [-0.05, 0) is 31.9 Å². The number of ether oxygens (including phenoxy) is 5. The lowest BCUT2D eigenvalue weighted by Gasteiger charge is -2.38. The van der Waals surface area contributed by atoms with Gasteiger partial charge in [0.2, 0.25) is 11.6 Å². The number of nitrogens with one attached hydrogen (secondary N) is 2. The van der Waals surface area contributed by atoms with Gasteiger partial charge >= 0.3 is 11.9 Å². The minimum atomic E-state index is -2.10. The van der Waals surface area contributed by atoms with E-state index in [4.69, 9.17) is 23.7 Å². The van der Waals surface area contributed by atoms with Gasteiger partial charge in [0.25, 0.3) is 11.7 Å². The minimum Gasteiger partial charge on any atom is -0.507 e. The van der Waals surface area contributed by atoms with Gasteiger partial charge in [0.05, 0.1) is 54.5 Å². The molecule has 0 saturated carbocycles. The number of benzene rings is 2. The van der Waals surface area contributed by atoms with Crippen molar-refractivity contribution in [3.63, 3.8) is 0 Å². The van der Waals surface area contributed by atoms with Gasteiger partial charge in [0.15, 0.2) is 0 Å². The van der Waals surface area contributed by atoms with Crippen molar-refractivity contribution in [1.29, 1.82) is 0 Å².